The Balaban J connectivity index is 2.16. The first-order chi connectivity index (χ1) is 10.9. The number of aliphatic hydroxyl groups is 1. The van der Waals surface area contributed by atoms with Gasteiger partial charge >= 0.3 is 0 Å². The standard InChI is InChI=1S/C16H20N2O5/c1-11(20)12-3-4-14-13(9-12)18(16(22)10-23-14)6-5-15(21)17(2)7-8-19/h3-4,9,19H,5-8,10H2,1-2H3. The molecule has 1 heterocycles. The number of Topliss-reactive ketones (excluding diaryl/α,β-unsaturated/α-hetero) is 1. The van der Waals surface area contributed by atoms with Crippen LogP contribution in [0, 0.1) is 0 Å². The van der Waals surface area contributed by atoms with E-state index >= 15 is 0 Å². The molecule has 0 atom stereocenters. The molecule has 1 aromatic carbocycles. The molecule has 1 aromatic rings. The molecule has 0 saturated heterocycles. The summed E-state index contributed by atoms with van der Waals surface area (Å²) in [5, 5.41) is 8.85. The van der Waals surface area contributed by atoms with Crippen LogP contribution in [0.15, 0.2) is 18.2 Å². The molecule has 2 rings (SSSR count). The number of ketones is 1. The Labute approximate surface area is 134 Å². The van der Waals surface area contributed by atoms with Gasteiger partial charge in [-0.1, -0.05) is 0 Å². The number of hydrogen-bond acceptors (Lipinski definition) is 5. The van der Waals surface area contributed by atoms with Crippen molar-refractivity contribution in [2.24, 2.45) is 0 Å². The van der Waals surface area contributed by atoms with Gasteiger partial charge in [-0.25, -0.2) is 0 Å². The minimum atomic E-state index is -0.254. The highest BCUT2D eigenvalue weighted by Gasteiger charge is 2.27. The minimum Gasteiger partial charge on any atom is -0.482 e. The number of carbonyl (C=O) groups is 3. The van der Waals surface area contributed by atoms with Gasteiger partial charge in [0, 0.05) is 32.1 Å². The summed E-state index contributed by atoms with van der Waals surface area (Å²) in [6, 6.07) is 4.91. The molecule has 7 nitrogen and oxygen atoms in total. The molecule has 0 radical (unpaired) electrons. The van der Waals surface area contributed by atoms with E-state index in [-0.39, 0.29) is 50.3 Å². The van der Waals surface area contributed by atoms with Gasteiger partial charge in [-0.15, -0.1) is 0 Å². The highest BCUT2D eigenvalue weighted by molar-refractivity contribution is 6.01. The van der Waals surface area contributed by atoms with Crippen LogP contribution in [0.3, 0.4) is 0 Å². The number of benzene rings is 1. The molecular weight excluding hydrogens is 300 g/mol. The number of fused-ring (bicyclic) bond motifs is 1. The second-order valence-corrected chi connectivity index (χ2v) is 5.36. The van der Waals surface area contributed by atoms with Crippen LogP contribution < -0.4 is 9.64 Å². The van der Waals surface area contributed by atoms with E-state index in [4.69, 9.17) is 9.84 Å². The van der Waals surface area contributed by atoms with Crippen molar-refractivity contribution < 1.29 is 24.2 Å². The molecule has 0 bridgehead atoms. The van der Waals surface area contributed by atoms with E-state index in [1.54, 1.807) is 25.2 Å². The summed E-state index contributed by atoms with van der Waals surface area (Å²) >= 11 is 0. The maximum absolute atomic E-state index is 12.1. The van der Waals surface area contributed by atoms with Gasteiger partial charge in [-0.05, 0) is 25.1 Å². The third-order valence-electron chi connectivity index (χ3n) is 3.72. The Bertz CT molecular complexity index is 629. The second kappa shape index (κ2) is 7.23. The Kier molecular flexibility index (Phi) is 5.33. The monoisotopic (exact) mass is 320 g/mol. The van der Waals surface area contributed by atoms with Crippen LogP contribution in [0.5, 0.6) is 5.75 Å². The van der Waals surface area contributed by atoms with E-state index in [0.717, 1.165) is 0 Å². The number of aliphatic hydroxyl groups excluding tert-OH is 1. The fraction of sp³-hybridized carbons (Fsp3) is 0.438. The number of carbonyl (C=O) groups excluding carboxylic acids is 3. The first-order valence-electron chi connectivity index (χ1n) is 7.37. The summed E-state index contributed by atoms with van der Waals surface area (Å²) in [5.74, 6) is -0.00582. The molecule has 0 saturated carbocycles. The number of rotatable bonds is 6. The fourth-order valence-corrected chi connectivity index (χ4v) is 2.34. The number of likely N-dealkylation sites (N-methyl/N-ethyl adjacent to an activating group) is 1. The van der Waals surface area contributed by atoms with Gasteiger partial charge in [0.1, 0.15) is 5.75 Å². The summed E-state index contributed by atoms with van der Waals surface area (Å²) in [7, 11) is 1.60. The Hall–Kier alpha value is -2.41. The normalized spacial score (nSPS) is 13.3. The number of nitrogens with zero attached hydrogens (tertiary/aromatic N) is 2. The molecule has 0 aromatic heterocycles. The lowest BCUT2D eigenvalue weighted by Gasteiger charge is -2.30. The number of hydrogen-bond donors (Lipinski definition) is 1. The molecule has 0 fully saturated rings. The molecule has 124 valence electrons. The molecule has 1 aliphatic heterocycles. The van der Waals surface area contributed by atoms with Crippen LogP contribution >= 0.6 is 0 Å². The smallest absolute Gasteiger partial charge is 0.265 e. The predicted octanol–water partition coefficient (Wildman–Crippen LogP) is 0.455. The molecule has 7 heteroatoms. The summed E-state index contributed by atoms with van der Waals surface area (Å²) < 4.78 is 5.36. The van der Waals surface area contributed by atoms with Crippen molar-refractivity contribution in [2.75, 3.05) is 38.3 Å². The van der Waals surface area contributed by atoms with Crippen molar-refractivity contribution in [1.29, 1.82) is 0 Å². The maximum atomic E-state index is 12.1. The predicted molar refractivity (Wildman–Crippen MR) is 83.6 cm³/mol. The molecule has 0 unspecified atom stereocenters. The van der Waals surface area contributed by atoms with Crippen LogP contribution in [-0.4, -0.2) is 61.0 Å². The average Bonchev–Trinajstić information content (AvgIpc) is 2.53. The number of anilines is 1. The zero-order valence-electron chi connectivity index (χ0n) is 13.2. The van der Waals surface area contributed by atoms with Crippen molar-refractivity contribution in [3.63, 3.8) is 0 Å². The van der Waals surface area contributed by atoms with Gasteiger partial charge in [-0.3, -0.25) is 14.4 Å². The highest BCUT2D eigenvalue weighted by Crippen LogP contribution is 2.33. The Morgan fingerprint density at radius 2 is 2.13 bits per heavy atom. The maximum Gasteiger partial charge on any atom is 0.265 e. The third-order valence-corrected chi connectivity index (χ3v) is 3.72. The van der Waals surface area contributed by atoms with E-state index < -0.39 is 0 Å². The van der Waals surface area contributed by atoms with Gasteiger partial charge < -0.3 is 19.6 Å². The lowest BCUT2D eigenvalue weighted by atomic mass is 10.1. The van der Waals surface area contributed by atoms with E-state index in [0.29, 0.717) is 17.0 Å². The van der Waals surface area contributed by atoms with Crippen LogP contribution in [0.1, 0.15) is 23.7 Å². The van der Waals surface area contributed by atoms with Gasteiger partial charge in [0.05, 0.1) is 12.3 Å². The first kappa shape index (κ1) is 17.0. The molecule has 1 N–H and O–H groups in total. The van der Waals surface area contributed by atoms with E-state index in [1.165, 1.54) is 16.7 Å². The van der Waals surface area contributed by atoms with Crippen molar-refractivity contribution in [2.45, 2.75) is 13.3 Å². The molecule has 23 heavy (non-hydrogen) atoms. The van der Waals surface area contributed by atoms with Crippen LogP contribution in [0.25, 0.3) is 0 Å². The van der Waals surface area contributed by atoms with Crippen molar-refractivity contribution >= 4 is 23.3 Å². The zero-order valence-corrected chi connectivity index (χ0v) is 13.2. The molecule has 0 aliphatic carbocycles. The highest BCUT2D eigenvalue weighted by atomic mass is 16.5. The SMILES string of the molecule is CC(=O)c1ccc2c(c1)N(CCC(=O)N(C)CCO)C(=O)CO2. The summed E-state index contributed by atoms with van der Waals surface area (Å²) in [6.45, 7) is 1.70. The third kappa shape index (κ3) is 3.87. The number of amides is 2. The molecular formula is C16H20N2O5. The van der Waals surface area contributed by atoms with Gasteiger partial charge in [0.25, 0.3) is 5.91 Å². The largest absolute Gasteiger partial charge is 0.482 e. The second-order valence-electron chi connectivity index (χ2n) is 5.36. The van der Waals surface area contributed by atoms with E-state index in [9.17, 15) is 14.4 Å². The average molecular weight is 320 g/mol. The van der Waals surface area contributed by atoms with Crippen molar-refractivity contribution in [3.8, 4) is 5.75 Å². The fourth-order valence-electron chi connectivity index (χ4n) is 2.34. The Morgan fingerprint density at radius 1 is 1.39 bits per heavy atom. The lowest BCUT2D eigenvalue weighted by Crippen LogP contribution is -2.41. The minimum absolute atomic E-state index is 0.0902. The zero-order chi connectivity index (χ0) is 17.0. The topological polar surface area (TPSA) is 87.2 Å². The first-order valence-corrected chi connectivity index (χ1v) is 7.37. The quantitative estimate of drug-likeness (QED) is 0.769. The molecule has 0 spiro atoms. The summed E-state index contributed by atoms with van der Waals surface area (Å²) in [5.41, 5.74) is 0.988. The van der Waals surface area contributed by atoms with Gasteiger partial charge in [0.15, 0.2) is 12.4 Å². The van der Waals surface area contributed by atoms with Crippen LogP contribution in [0.2, 0.25) is 0 Å². The molecule has 2 amide bonds. The number of ether oxygens (including phenoxy) is 1. The molecule has 1 aliphatic rings. The van der Waals surface area contributed by atoms with Crippen molar-refractivity contribution in [1.82, 2.24) is 4.90 Å². The summed E-state index contributed by atoms with van der Waals surface area (Å²) in [6.07, 6.45) is 0.131. The van der Waals surface area contributed by atoms with E-state index in [1.807, 2.05) is 0 Å². The van der Waals surface area contributed by atoms with Crippen molar-refractivity contribution in [3.05, 3.63) is 23.8 Å². The van der Waals surface area contributed by atoms with Gasteiger partial charge in [-0.2, -0.15) is 0 Å². The van der Waals surface area contributed by atoms with E-state index in [2.05, 4.69) is 0 Å². The van der Waals surface area contributed by atoms with Crippen LogP contribution in [-0.2, 0) is 9.59 Å². The lowest BCUT2D eigenvalue weighted by molar-refractivity contribution is -0.130. The Morgan fingerprint density at radius 3 is 2.78 bits per heavy atom. The summed E-state index contributed by atoms with van der Waals surface area (Å²) in [4.78, 5) is 38.5. The van der Waals surface area contributed by atoms with Crippen LogP contribution in [0.4, 0.5) is 5.69 Å². The van der Waals surface area contributed by atoms with Gasteiger partial charge in [0.2, 0.25) is 5.91 Å².